The summed E-state index contributed by atoms with van der Waals surface area (Å²) in [5.41, 5.74) is 2.09. The number of esters is 1. The average Bonchev–Trinajstić information content (AvgIpc) is 3.26. The van der Waals surface area contributed by atoms with Crippen molar-refractivity contribution in [1.29, 1.82) is 0 Å². The van der Waals surface area contributed by atoms with E-state index >= 15 is 0 Å². The number of sulfonamides is 1. The molecule has 3 aromatic carbocycles. The molecule has 4 aromatic rings. The van der Waals surface area contributed by atoms with Crippen LogP contribution in [0, 0.1) is 0 Å². The van der Waals surface area contributed by atoms with Crippen LogP contribution in [0.2, 0.25) is 0 Å². The highest BCUT2D eigenvalue weighted by Gasteiger charge is 2.26. The number of hydrogen-bond donors (Lipinski definition) is 0. The van der Waals surface area contributed by atoms with E-state index in [-0.39, 0.29) is 17.9 Å². The molecule has 0 spiro atoms. The van der Waals surface area contributed by atoms with Gasteiger partial charge < -0.3 is 13.9 Å². The number of benzene rings is 3. The monoisotopic (exact) mass is 465 g/mol. The minimum atomic E-state index is -3.61. The third-order valence-corrected chi connectivity index (χ3v) is 7.68. The molecule has 0 N–H and O–H groups in total. The van der Waals surface area contributed by atoms with Gasteiger partial charge in [0, 0.05) is 24.0 Å². The second-order valence-corrected chi connectivity index (χ2v) is 9.86. The predicted molar refractivity (Wildman–Crippen MR) is 123 cm³/mol. The number of rotatable bonds is 6. The lowest BCUT2D eigenvalue weighted by molar-refractivity contribution is -0.144. The van der Waals surface area contributed by atoms with E-state index in [2.05, 4.69) is 0 Å². The summed E-state index contributed by atoms with van der Waals surface area (Å²) in [6.07, 6.45) is 1.65. The van der Waals surface area contributed by atoms with Gasteiger partial charge in [-0.25, -0.2) is 8.42 Å². The maximum Gasteiger partial charge on any atom is 0.310 e. The van der Waals surface area contributed by atoms with Crippen LogP contribution in [0.3, 0.4) is 0 Å². The first-order chi connectivity index (χ1) is 16.0. The Labute approximate surface area is 191 Å². The number of morpholine rings is 1. The van der Waals surface area contributed by atoms with Gasteiger partial charge >= 0.3 is 5.97 Å². The lowest BCUT2D eigenvalue weighted by Crippen LogP contribution is -2.40. The fourth-order valence-corrected chi connectivity index (χ4v) is 5.59. The summed E-state index contributed by atoms with van der Waals surface area (Å²) in [7, 11) is -3.61. The molecule has 1 aromatic heterocycles. The van der Waals surface area contributed by atoms with Gasteiger partial charge in [0.2, 0.25) is 10.0 Å². The molecule has 2 heterocycles. The average molecular weight is 466 g/mol. The van der Waals surface area contributed by atoms with Crippen LogP contribution in [0.4, 0.5) is 0 Å². The smallest absolute Gasteiger partial charge is 0.310 e. The number of carbonyl (C=O) groups is 1. The van der Waals surface area contributed by atoms with E-state index in [0.717, 1.165) is 27.3 Å². The number of fused-ring (bicyclic) bond motifs is 3. The number of furan rings is 1. The highest BCUT2D eigenvalue weighted by Crippen LogP contribution is 2.30. The Hall–Kier alpha value is -3.20. The first-order valence-corrected chi connectivity index (χ1v) is 12.2. The summed E-state index contributed by atoms with van der Waals surface area (Å²) in [6.45, 7) is 1.41. The van der Waals surface area contributed by atoms with E-state index in [1.807, 2.05) is 36.4 Å². The Kier molecular flexibility index (Phi) is 5.88. The van der Waals surface area contributed by atoms with Crippen molar-refractivity contribution in [1.82, 2.24) is 4.31 Å². The Morgan fingerprint density at radius 1 is 1.00 bits per heavy atom. The fourth-order valence-electron chi connectivity index (χ4n) is 4.11. The quantitative estimate of drug-likeness (QED) is 0.402. The van der Waals surface area contributed by atoms with Crippen molar-refractivity contribution in [3.05, 3.63) is 78.1 Å². The van der Waals surface area contributed by atoms with Gasteiger partial charge in [0.05, 0.1) is 30.8 Å². The van der Waals surface area contributed by atoms with Gasteiger partial charge in [-0.2, -0.15) is 4.31 Å². The zero-order valence-electron chi connectivity index (χ0n) is 17.9. The number of carbonyl (C=O) groups excluding carboxylic acids is 1. The Bertz CT molecular complexity index is 1420. The molecule has 0 atom stereocenters. The molecule has 5 rings (SSSR count). The number of nitrogens with zero attached hydrogens (tertiary/aromatic N) is 1. The van der Waals surface area contributed by atoms with Gasteiger partial charge in [0.25, 0.3) is 0 Å². The molecule has 0 bridgehead atoms. The predicted octanol–water partition coefficient (Wildman–Crippen LogP) is 3.89. The molecule has 33 heavy (non-hydrogen) atoms. The molecule has 170 valence electrons. The minimum Gasteiger partial charge on any atom is -0.464 e. The molecule has 8 heteroatoms. The molecular formula is C25H23NO6S. The summed E-state index contributed by atoms with van der Waals surface area (Å²) < 4.78 is 43.5. The van der Waals surface area contributed by atoms with Crippen molar-refractivity contribution in [2.45, 2.75) is 17.9 Å². The molecule has 1 aliphatic rings. The van der Waals surface area contributed by atoms with Crippen LogP contribution in [0.1, 0.15) is 11.1 Å². The zero-order chi connectivity index (χ0) is 22.8. The molecule has 0 radical (unpaired) electrons. The van der Waals surface area contributed by atoms with Crippen LogP contribution in [0.5, 0.6) is 0 Å². The Balaban J connectivity index is 1.29. The topological polar surface area (TPSA) is 86.0 Å². The standard InChI is InChI=1S/C25H23NO6S/c27-24(15-20-17-31-23-9-8-19-5-1-2-7-22(19)25(20)23)32-16-18-4-3-6-21(14-18)33(28,29)26-10-12-30-13-11-26/h1-9,14,17H,10-13,15-16H2. The molecule has 0 saturated carbocycles. The van der Waals surface area contributed by atoms with Gasteiger partial charge in [-0.05, 0) is 34.5 Å². The third kappa shape index (κ3) is 4.37. The van der Waals surface area contributed by atoms with E-state index < -0.39 is 16.0 Å². The Morgan fingerprint density at radius 2 is 1.82 bits per heavy atom. The molecule has 1 fully saturated rings. The van der Waals surface area contributed by atoms with Crippen LogP contribution < -0.4 is 0 Å². The summed E-state index contributed by atoms with van der Waals surface area (Å²) in [5, 5.41) is 3.00. The lowest BCUT2D eigenvalue weighted by atomic mass is 10.0. The van der Waals surface area contributed by atoms with E-state index in [9.17, 15) is 13.2 Å². The molecule has 1 aliphatic heterocycles. The molecule has 7 nitrogen and oxygen atoms in total. The van der Waals surface area contributed by atoms with Crippen LogP contribution in [0.25, 0.3) is 21.7 Å². The summed E-state index contributed by atoms with van der Waals surface area (Å²) in [4.78, 5) is 12.8. The summed E-state index contributed by atoms with van der Waals surface area (Å²) in [6, 6.07) is 18.3. The molecule has 1 saturated heterocycles. The largest absolute Gasteiger partial charge is 0.464 e. The van der Waals surface area contributed by atoms with Crippen LogP contribution in [0.15, 0.2) is 76.2 Å². The van der Waals surface area contributed by atoms with Crippen molar-refractivity contribution < 1.29 is 27.1 Å². The second kappa shape index (κ2) is 8.97. The first kappa shape index (κ1) is 21.6. The maximum absolute atomic E-state index is 12.9. The molecule has 0 aliphatic carbocycles. The Morgan fingerprint density at radius 3 is 2.67 bits per heavy atom. The lowest BCUT2D eigenvalue weighted by Gasteiger charge is -2.26. The van der Waals surface area contributed by atoms with Crippen LogP contribution in [-0.2, 0) is 37.3 Å². The molecule has 0 unspecified atom stereocenters. The van der Waals surface area contributed by atoms with Gasteiger partial charge in [0.1, 0.15) is 12.2 Å². The highest BCUT2D eigenvalue weighted by atomic mass is 32.2. The SMILES string of the molecule is O=C(Cc1coc2ccc3ccccc3c12)OCc1cccc(S(=O)(=O)N2CCOCC2)c1. The van der Waals surface area contributed by atoms with Crippen molar-refractivity contribution in [3.63, 3.8) is 0 Å². The number of ether oxygens (including phenoxy) is 2. The van der Waals surface area contributed by atoms with E-state index in [1.165, 1.54) is 4.31 Å². The fraction of sp³-hybridized carbons (Fsp3) is 0.240. The molecular weight excluding hydrogens is 442 g/mol. The van der Waals surface area contributed by atoms with Crippen LogP contribution in [-0.4, -0.2) is 45.0 Å². The van der Waals surface area contributed by atoms with E-state index in [1.54, 1.807) is 30.5 Å². The molecule has 0 amide bonds. The zero-order valence-corrected chi connectivity index (χ0v) is 18.7. The highest BCUT2D eigenvalue weighted by molar-refractivity contribution is 7.89. The normalized spacial score (nSPS) is 15.2. The second-order valence-electron chi connectivity index (χ2n) is 7.92. The number of hydrogen-bond acceptors (Lipinski definition) is 6. The van der Waals surface area contributed by atoms with Crippen molar-refractivity contribution >= 4 is 37.7 Å². The summed E-state index contributed by atoms with van der Waals surface area (Å²) in [5.74, 6) is -0.410. The van der Waals surface area contributed by atoms with Crippen molar-refractivity contribution in [2.75, 3.05) is 26.3 Å². The van der Waals surface area contributed by atoms with Crippen molar-refractivity contribution in [2.24, 2.45) is 0 Å². The third-order valence-electron chi connectivity index (χ3n) is 5.78. The van der Waals surface area contributed by atoms with Crippen molar-refractivity contribution in [3.8, 4) is 0 Å². The first-order valence-electron chi connectivity index (χ1n) is 10.7. The van der Waals surface area contributed by atoms with Gasteiger partial charge in [-0.15, -0.1) is 0 Å². The maximum atomic E-state index is 12.9. The van der Waals surface area contributed by atoms with Crippen LogP contribution >= 0.6 is 0 Å². The van der Waals surface area contributed by atoms with Gasteiger partial charge in [-0.1, -0.05) is 42.5 Å². The minimum absolute atomic E-state index is 0.0121. The van der Waals surface area contributed by atoms with E-state index in [4.69, 9.17) is 13.9 Å². The van der Waals surface area contributed by atoms with Gasteiger partial charge in [0.15, 0.2) is 0 Å². The summed E-state index contributed by atoms with van der Waals surface area (Å²) >= 11 is 0. The van der Waals surface area contributed by atoms with Gasteiger partial charge in [-0.3, -0.25) is 4.79 Å². The van der Waals surface area contributed by atoms with E-state index in [0.29, 0.717) is 31.9 Å².